The molecule has 0 bridgehead atoms. The summed E-state index contributed by atoms with van der Waals surface area (Å²) in [6.07, 6.45) is 4.26. The summed E-state index contributed by atoms with van der Waals surface area (Å²) in [5, 5.41) is 2.99. The molecular formula is C26H26F2N7O. The fourth-order valence-corrected chi connectivity index (χ4v) is 4.65. The fourth-order valence-electron chi connectivity index (χ4n) is 4.65. The highest BCUT2D eigenvalue weighted by Gasteiger charge is 2.22. The molecule has 8 nitrogen and oxygen atoms in total. The summed E-state index contributed by atoms with van der Waals surface area (Å²) < 4.78 is 31.6. The standard InChI is InChI=1S/C26H26F2N7O/c1-14(2)35-16(4)31-25-18(27)11-17(12-21(25)35)24-19(28)13-29-26(33-24)32-22-9-8-20(15(3)30-22)34-10-6-5-7-23(34)36/h5,8-9,11-14H,6-7,10H2,1-4H3,(H,29,30,32,33). The molecule has 1 aliphatic rings. The highest BCUT2D eigenvalue weighted by Crippen LogP contribution is 2.31. The average Bonchev–Trinajstić information content (AvgIpc) is 3.18. The Bertz CT molecular complexity index is 1480. The molecule has 1 amide bonds. The number of pyridine rings is 1. The highest BCUT2D eigenvalue weighted by atomic mass is 19.1. The summed E-state index contributed by atoms with van der Waals surface area (Å²) in [6.45, 7) is 8.21. The molecule has 185 valence electrons. The smallest absolute Gasteiger partial charge is 0.229 e. The van der Waals surface area contributed by atoms with Gasteiger partial charge in [-0.25, -0.2) is 28.7 Å². The van der Waals surface area contributed by atoms with E-state index in [1.54, 1.807) is 17.0 Å². The van der Waals surface area contributed by atoms with Crippen LogP contribution in [-0.4, -0.2) is 37.0 Å². The number of hydrogen-bond donors (Lipinski definition) is 1. The fraction of sp³-hybridized carbons (Fsp3) is 0.308. The summed E-state index contributed by atoms with van der Waals surface area (Å²) >= 11 is 0. The third-order valence-electron chi connectivity index (χ3n) is 6.22. The second kappa shape index (κ2) is 9.25. The van der Waals surface area contributed by atoms with Gasteiger partial charge in [0.1, 0.15) is 22.9 Å². The summed E-state index contributed by atoms with van der Waals surface area (Å²) in [5.74, 6) is 0.0536. The zero-order valence-electron chi connectivity index (χ0n) is 20.5. The maximum Gasteiger partial charge on any atom is 0.229 e. The molecule has 0 spiro atoms. The van der Waals surface area contributed by atoms with Gasteiger partial charge in [-0.15, -0.1) is 0 Å². The van der Waals surface area contributed by atoms with E-state index in [4.69, 9.17) is 0 Å². The van der Waals surface area contributed by atoms with Crippen LogP contribution in [0.2, 0.25) is 0 Å². The molecule has 0 atom stereocenters. The van der Waals surface area contributed by atoms with Crippen LogP contribution in [0.1, 0.15) is 44.2 Å². The van der Waals surface area contributed by atoms with Gasteiger partial charge in [0.25, 0.3) is 0 Å². The molecule has 1 N–H and O–H groups in total. The topological polar surface area (TPSA) is 88.8 Å². The summed E-state index contributed by atoms with van der Waals surface area (Å²) in [7, 11) is 0. The van der Waals surface area contributed by atoms with Crippen molar-refractivity contribution in [1.29, 1.82) is 0 Å². The molecular weight excluding hydrogens is 464 g/mol. The van der Waals surface area contributed by atoms with E-state index in [1.807, 2.05) is 44.7 Å². The first kappa shape index (κ1) is 23.8. The molecule has 3 aromatic heterocycles. The van der Waals surface area contributed by atoms with Gasteiger partial charge in [-0.3, -0.25) is 4.79 Å². The SMILES string of the molecule is Cc1nc(Nc2ncc(F)c(-c3cc(F)c4nc(C)n(C(C)C)c4c3)n2)ccc1N1CC[CH]CC1=O. The van der Waals surface area contributed by atoms with Gasteiger partial charge in [-0.1, -0.05) is 0 Å². The molecule has 36 heavy (non-hydrogen) atoms. The van der Waals surface area contributed by atoms with Crippen molar-refractivity contribution < 1.29 is 13.6 Å². The average molecular weight is 491 g/mol. The normalized spacial score (nSPS) is 14.2. The first-order chi connectivity index (χ1) is 17.2. The molecule has 1 saturated heterocycles. The molecule has 1 radical (unpaired) electrons. The predicted octanol–water partition coefficient (Wildman–Crippen LogP) is 5.44. The molecule has 1 aliphatic heterocycles. The van der Waals surface area contributed by atoms with Gasteiger partial charge in [-0.05, 0) is 64.8 Å². The van der Waals surface area contributed by atoms with Crippen LogP contribution < -0.4 is 10.2 Å². The minimum atomic E-state index is -0.675. The van der Waals surface area contributed by atoms with Gasteiger partial charge in [0, 0.05) is 24.6 Å². The first-order valence-electron chi connectivity index (χ1n) is 11.8. The van der Waals surface area contributed by atoms with E-state index in [-0.39, 0.29) is 34.7 Å². The number of piperidine rings is 1. The number of hydrogen-bond acceptors (Lipinski definition) is 6. The first-order valence-corrected chi connectivity index (χ1v) is 11.8. The second-order valence-electron chi connectivity index (χ2n) is 9.09. The lowest BCUT2D eigenvalue weighted by Gasteiger charge is -2.27. The lowest BCUT2D eigenvalue weighted by molar-refractivity contribution is -0.118. The van der Waals surface area contributed by atoms with Crippen LogP contribution >= 0.6 is 0 Å². The van der Waals surface area contributed by atoms with Crippen LogP contribution in [0, 0.1) is 31.9 Å². The number of aromatic nitrogens is 5. The third-order valence-corrected chi connectivity index (χ3v) is 6.22. The Kier molecular flexibility index (Phi) is 6.11. The maximum absolute atomic E-state index is 14.9. The Morgan fingerprint density at radius 1 is 1.06 bits per heavy atom. The number of fused-ring (bicyclic) bond motifs is 1. The number of nitrogens with zero attached hydrogens (tertiary/aromatic N) is 6. The van der Waals surface area contributed by atoms with Gasteiger partial charge in [-0.2, -0.15) is 0 Å². The zero-order valence-corrected chi connectivity index (χ0v) is 20.5. The minimum Gasteiger partial charge on any atom is -0.326 e. The van der Waals surface area contributed by atoms with Gasteiger partial charge < -0.3 is 14.8 Å². The number of benzene rings is 1. The number of amides is 1. The molecule has 10 heteroatoms. The van der Waals surface area contributed by atoms with E-state index in [2.05, 4.69) is 25.3 Å². The van der Waals surface area contributed by atoms with Crippen LogP contribution in [0.15, 0.2) is 30.5 Å². The van der Waals surface area contributed by atoms with Crippen molar-refractivity contribution in [3.63, 3.8) is 0 Å². The van der Waals surface area contributed by atoms with Gasteiger partial charge in [0.2, 0.25) is 11.9 Å². The Morgan fingerprint density at radius 3 is 2.58 bits per heavy atom. The number of anilines is 3. The Morgan fingerprint density at radius 2 is 1.86 bits per heavy atom. The van der Waals surface area contributed by atoms with Gasteiger partial charge in [0.05, 0.1) is 23.1 Å². The number of rotatable bonds is 5. The summed E-state index contributed by atoms with van der Waals surface area (Å²) in [4.78, 5) is 31.2. The largest absolute Gasteiger partial charge is 0.326 e. The Balaban J connectivity index is 1.47. The van der Waals surface area contributed by atoms with E-state index in [9.17, 15) is 13.6 Å². The Labute approximate surface area is 207 Å². The van der Waals surface area contributed by atoms with Gasteiger partial charge in [0.15, 0.2) is 11.6 Å². The van der Waals surface area contributed by atoms with Crippen molar-refractivity contribution >= 4 is 34.4 Å². The maximum atomic E-state index is 14.9. The monoisotopic (exact) mass is 490 g/mol. The third kappa shape index (κ3) is 4.27. The lowest BCUT2D eigenvalue weighted by Crippen LogP contribution is -2.36. The molecule has 4 aromatic rings. The highest BCUT2D eigenvalue weighted by molar-refractivity contribution is 5.95. The molecule has 1 fully saturated rings. The number of halogens is 2. The van der Waals surface area contributed by atoms with Crippen LogP contribution in [-0.2, 0) is 4.79 Å². The van der Waals surface area contributed by atoms with Crippen molar-refractivity contribution in [2.24, 2.45) is 0 Å². The molecule has 4 heterocycles. The van der Waals surface area contributed by atoms with Crippen molar-refractivity contribution in [3.05, 3.63) is 60.0 Å². The van der Waals surface area contributed by atoms with Crippen LogP contribution in [0.25, 0.3) is 22.3 Å². The number of imidazole rings is 1. The molecule has 5 rings (SSSR count). The van der Waals surface area contributed by atoms with Crippen molar-refractivity contribution in [2.45, 2.75) is 46.6 Å². The molecule has 0 saturated carbocycles. The molecule has 1 aromatic carbocycles. The second-order valence-corrected chi connectivity index (χ2v) is 9.09. The van der Waals surface area contributed by atoms with E-state index in [1.165, 1.54) is 6.07 Å². The summed E-state index contributed by atoms with van der Waals surface area (Å²) in [5.41, 5.74) is 2.48. The molecule has 0 unspecified atom stereocenters. The number of aryl methyl sites for hydroxylation is 2. The van der Waals surface area contributed by atoms with Crippen LogP contribution in [0.5, 0.6) is 0 Å². The van der Waals surface area contributed by atoms with Crippen molar-refractivity contribution in [2.75, 3.05) is 16.8 Å². The Hall–Kier alpha value is -3.95. The van der Waals surface area contributed by atoms with E-state index in [0.29, 0.717) is 35.8 Å². The van der Waals surface area contributed by atoms with Crippen molar-refractivity contribution in [1.82, 2.24) is 24.5 Å². The van der Waals surface area contributed by atoms with Crippen LogP contribution in [0.4, 0.5) is 26.2 Å². The van der Waals surface area contributed by atoms with E-state index in [0.717, 1.165) is 18.3 Å². The summed E-state index contributed by atoms with van der Waals surface area (Å²) in [6, 6.07) is 6.51. The number of carbonyl (C=O) groups is 1. The predicted molar refractivity (Wildman–Crippen MR) is 134 cm³/mol. The quantitative estimate of drug-likeness (QED) is 0.401. The van der Waals surface area contributed by atoms with Crippen molar-refractivity contribution in [3.8, 4) is 11.3 Å². The van der Waals surface area contributed by atoms with E-state index < -0.39 is 11.6 Å². The minimum absolute atomic E-state index is 0.0361. The number of nitrogens with one attached hydrogen (secondary N) is 1. The van der Waals surface area contributed by atoms with Crippen LogP contribution in [0.3, 0.4) is 0 Å². The lowest BCUT2D eigenvalue weighted by atomic mass is 10.1. The molecule has 0 aliphatic carbocycles. The number of carbonyl (C=O) groups excluding carboxylic acids is 1. The zero-order chi connectivity index (χ0) is 25.6. The van der Waals surface area contributed by atoms with E-state index >= 15 is 0 Å². The van der Waals surface area contributed by atoms with Gasteiger partial charge >= 0.3 is 0 Å².